The molecule has 0 fully saturated rings. The maximum Gasteiger partial charge on any atom is 0.332 e. The van der Waals surface area contributed by atoms with E-state index in [1.807, 2.05) is 12.1 Å². The third-order valence-corrected chi connectivity index (χ3v) is 5.14. The number of aryl methyl sites for hydroxylation is 1. The fourth-order valence-corrected chi connectivity index (χ4v) is 3.62. The average molecular weight is 421 g/mol. The molecular formula is C16H13BrN4O3S. The molecule has 3 rings (SSSR count). The van der Waals surface area contributed by atoms with E-state index in [0.717, 1.165) is 13.2 Å². The maximum absolute atomic E-state index is 12.2. The lowest BCUT2D eigenvalue weighted by Gasteiger charge is -2.08. The first-order chi connectivity index (χ1) is 11.9. The van der Waals surface area contributed by atoms with E-state index in [2.05, 4.69) is 26.2 Å². The van der Waals surface area contributed by atoms with Crippen LogP contribution in [0.5, 0.6) is 0 Å². The van der Waals surface area contributed by atoms with Crippen molar-refractivity contribution in [3.8, 4) is 0 Å². The van der Waals surface area contributed by atoms with Gasteiger partial charge in [-0.25, -0.2) is 9.78 Å². The maximum atomic E-state index is 12.2. The first kappa shape index (κ1) is 17.3. The molecule has 25 heavy (non-hydrogen) atoms. The largest absolute Gasteiger partial charge is 0.332 e. The Morgan fingerprint density at radius 1 is 1.28 bits per heavy atom. The van der Waals surface area contributed by atoms with Crippen molar-refractivity contribution in [3.05, 3.63) is 60.0 Å². The summed E-state index contributed by atoms with van der Waals surface area (Å²) in [5, 5.41) is 2.92. The van der Waals surface area contributed by atoms with Gasteiger partial charge in [0.1, 0.15) is 5.65 Å². The fraction of sp³-hybridized carbons (Fsp3) is 0.125. The number of hydrogen-bond donors (Lipinski definition) is 1. The Balaban J connectivity index is 1.89. The smallest absolute Gasteiger partial charge is 0.321 e. The van der Waals surface area contributed by atoms with Crippen LogP contribution in [0.1, 0.15) is 4.88 Å². The number of rotatable bonds is 3. The number of pyridine rings is 1. The summed E-state index contributed by atoms with van der Waals surface area (Å²) < 4.78 is 3.27. The van der Waals surface area contributed by atoms with Crippen molar-refractivity contribution >= 4 is 56.0 Å². The van der Waals surface area contributed by atoms with Crippen molar-refractivity contribution in [2.45, 2.75) is 0 Å². The summed E-state index contributed by atoms with van der Waals surface area (Å²) in [5.74, 6) is -0.340. The Morgan fingerprint density at radius 3 is 2.72 bits per heavy atom. The molecule has 7 nitrogen and oxygen atoms in total. The van der Waals surface area contributed by atoms with Crippen LogP contribution in [0.25, 0.3) is 17.1 Å². The zero-order chi connectivity index (χ0) is 18.1. The number of thiophene rings is 1. The van der Waals surface area contributed by atoms with E-state index >= 15 is 0 Å². The van der Waals surface area contributed by atoms with Crippen molar-refractivity contribution in [3.63, 3.8) is 0 Å². The number of fused-ring (bicyclic) bond motifs is 1. The highest BCUT2D eigenvalue weighted by Crippen LogP contribution is 2.23. The summed E-state index contributed by atoms with van der Waals surface area (Å²) in [6.07, 6.45) is 4.51. The molecule has 0 saturated carbocycles. The summed E-state index contributed by atoms with van der Waals surface area (Å²) in [4.78, 5) is 41.2. The van der Waals surface area contributed by atoms with Gasteiger partial charge in [0.25, 0.3) is 5.56 Å². The Bertz CT molecular complexity index is 1130. The van der Waals surface area contributed by atoms with Crippen molar-refractivity contribution in [2.75, 3.05) is 5.32 Å². The molecule has 0 saturated heterocycles. The van der Waals surface area contributed by atoms with Gasteiger partial charge in [0.2, 0.25) is 5.91 Å². The van der Waals surface area contributed by atoms with E-state index in [1.165, 1.54) is 48.3 Å². The minimum atomic E-state index is -0.458. The van der Waals surface area contributed by atoms with E-state index in [1.54, 1.807) is 6.08 Å². The van der Waals surface area contributed by atoms with Crippen molar-refractivity contribution in [1.29, 1.82) is 0 Å². The van der Waals surface area contributed by atoms with Crippen LogP contribution >= 0.6 is 27.3 Å². The van der Waals surface area contributed by atoms with Gasteiger partial charge < -0.3 is 5.32 Å². The minimum Gasteiger partial charge on any atom is -0.321 e. The molecule has 1 N–H and O–H groups in total. The van der Waals surface area contributed by atoms with E-state index in [0.29, 0.717) is 5.69 Å². The molecule has 3 aromatic rings. The molecule has 3 heterocycles. The highest BCUT2D eigenvalue weighted by atomic mass is 79.9. The van der Waals surface area contributed by atoms with Gasteiger partial charge in [0.05, 0.1) is 21.1 Å². The Morgan fingerprint density at radius 2 is 2.04 bits per heavy atom. The van der Waals surface area contributed by atoms with Gasteiger partial charge in [-0.1, -0.05) is 0 Å². The van der Waals surface area contributed by atoms with Crippen LogP contribution in [0.2, 0.25) is 0 Å². The third-order valence-electron chi connectivity index (χ3n) is 3.55. The predicted molar refractivity (Wildman–Crippen MR) is 102 cm³/mol. The van der Waals surface area contributed by atoms with Crippen molar-refractivity contribution in [1.82, 2.24) is 14.1 Å². The van der Waals surface area contributed by atoms with Gasteiger partial charge in [0.15, 0.2) is 0 Å². The molecule has 128 valence electrons. The summed E-state index contributed by atoms with van der Waals surface area (Å²) in [5.41, 5.74) is -0.261. The van der Waals surface area contributed by atoms with Crippen LogP contribution in [0.15, 0.2) is 43.8 Å². The molecule has 0 atom stereocenters. The second-order valence-corrected chi connectivity index (χ2v) is 7.76. The predicted octanol–water partition coefficient (Wildman–Crippen LogP) is 2.11. The van der Waals surface area contributed by atoms with Gasteiger partial charge in [-0.3, -0.25) is 18.7 Å². The minimum absolute atomic E-state index is 0.258. The first-order valence-corrected chi connectivity index (χ1v) is 8.78. The van der Waals surface area contributed by atoms with Crippen LogP contribution in [-0.2, 0) is 18.9 Å². The summed E-state index contributed by atoms with van der Waals surface area (Å²) in [6, 6.07) is 5.30. The molecule has 0 aliphatic carbocycles. The fourth-order valence-electron chi connectivity index (χ4n) is 2.29. The van der Waals surface area contributed by atoms with Crippen LogP contribution in [-0.4, -0.2) is 20.0 Å². The third kappa shape index (κ3) is 3.47. The second-order valence-electron chi connectivity index (χ2n) is 5.27. The molecule has 1 amide bonds. The second kappa shape index (κ2) is 6.77. The number of nitrogens with zero attached hydrogens (tertiary/aromatic N) is 3. The van der Waals surface area contributed by atoms with Gasteiger partial charge in [-0.05, 0) is 40.2 Å². The molecule has 0 radical (unpaired) electrons. The first-order valence-electron chi connectivity index (χ1n) is 7.17. The summed E-state index contributed by atoms with van der Waals surface area (Å²) in [6.45, 7) is 0. The molecule has 0 unspecified atom stereocenters. The molecule has 0 aliphatic heterocycles. The van der Waals surface area contributed by atoms with Crippen LogP contribution in [0.4, 0.5) is 5.69 Å². The normalized spacial score (nSPS) is 11.3. The Kier molecular flexibility index (Phi) is 4.69. The van der Waals surface area contributed by atoms with Crippen LogP contribution in [0.3, 0.4) is 0 Å². The number of hydrogen-bond acceptors (Lipinski definition) is 5. The van der Waals surface area contributed by atoms with Gasteiger partial charge in [-0.15, -0.1) is 11.3 Å². The molecule has 0 spiro atoms. The number of amides is 1. The number of carbonyl (C=O) groups is 1. The van der Waals surface area contributed by atoms with E-state index in [9.17, 15) is 14.4 Å². The monoisotopic (exact) mass is 420 g/mol. The highest BCUT2D eigenvalue weighted by molar-refractivity contribution is 9.11. The molecule has 0 aromatic carbocycles. The number of aromatic nitrogens is 3. The Labute approximate surface area is 154 Å². The molecule has 0 bridgehead atoms. The van der Waals surface area contributed by atoms with E-state index < -0.39 is 11.2 Å². The Hall–Kier alpha value is -2.52. The molecular weight excluding hydrogens is 408 g/mol. The van der Waals surface area contributed by atoms with Crippen molar-refractivity contribution in [2.24, 2.45) is 14.1 Å². The van der Waals surface area contributed by atoms with Crippen LogP contribution < -0.4 is 16.6 Å². The van der Waals surface area contributed by atoms with E-state index in [-0.39, 0.29) is 16.9 Å². The quantitative estimate of drug-likeness (QED) is 0.657. The zero-order valence-electron chi connectivity index (χ0n) is 13.3. The number of halogens is 1. The lowest BCUT2D eigenvalue weighted by molar-refractivity contribution is -0.111. The highest BCUT2D eigenvalue weighted by Gasteiger charge is 2.10. The standard InChI is InChI=1S/C16H13BrN4O3S/c1-20-14-11(15(23)21(2)16(20)24)7-9(8-18-14)19-13(22)6-4-10-3-5-12(17)25-10/h3-8H,1-2H3,(H,19,22)/b6-4+. The topological polar surface area (TPSA) is 86.0 Å². The van der Waals surface area contributed by atoms with Gasteiger partial charge in [0, 0.05) is 25.0 Å². The lowest BCUT2D eigenvalue weighted by Crippen LogP contribution is -2.37. The van der Waals surface area contributed by atoms with E-state index in [4.69, 9.17) is 0 Å². The van der Waals surface area contributed by atoms with Crippen LogP contribution in [0, 0.1) is 0 Å². The van der Waals surface area contributed by atoms with Crippen molar-refractivity contribution < 1.29 is 4.79 Å². The average Bonchev–Trinajstić information content (AvgIpc) is 3.01. The zero-order valence-corrected chi connectivity index (χ0v) is 15.7. The SMILES string of the molecule is Cn1c(=O)c2cc(NC(=O)/C=C/c3ccc(Br)s3)cnc2n(C)c1=O. The van der Waals surface area contributed by atoms with Gasteiger partial charge >= 0.3 is 5.69 Å². The van der Waals surface area contributed by atoms with Gasteiger partial charge in [-0.2, -0.15) is 0 Å². The summed E-state index contributed by atoms with van der Waals surface area (Å²) >= 11 is 4.86. The summed E-state index contributed by atoms with van der Waals surface area (Å²) in [7, 11) is 2.94. The lowest BCUT2D eigenvalue weighted by atomic mass is 10.3. The number of carbonyl (C=O) groups excluding carboxylic acids is 1. The number of nitrogens with one attached hydrogen (secondary N) is 1. The number of anilines is 1. The molecule has 9 heteroatoms. The molecule has 0 aliphatic rings. The molecule has 3 aromatic heterocycles.